The van der Waals surface area contributed by atoms with Gasteiger partial charge < -0.3 is 87.7 Å². The first-order chi connectivity index (χ1) is 31.5. The molecule has 2 heterocycles. The molecule has 28 nitrogen and oxygen atoms in total. The number of nitrogens with zero attached hydrogens (tertiary/aromatic N) is 4. The lowest BCUT2D eigenvalue weighted by atomic mass is 10.0. The van der Waals surface area contributed by atoms with Crippen LogP contribution < -0.4 is 16.0 Å². The van der Waals surface area contributed by atoms with Gasteiger partial charge in [-0.25, -0.2) is 0 Å². The first kappa shape index (κ1) is 60.0. The molecular formula is C37H71N7O21S2. The molecule has 6 atom stereocenters. The highest BCUT2D eigenvalue weighted by atomic mass is 32.3. The number of hydrogen-bond acceptors (Lipinski definition) is 22. The van der Waals surface area contributed by atoms with Crippen LogP contribution in [0.25, 0.3) is 0 Å². The highest BCUT2D eigenvalue weighted by Gasteiger charge is 2.53. The molecule has 14 N–H and O–H groups in total. The van der Waals surface area contributed by atoms with Crippen LogP contribution in [0.1, 0.15) is 32.6 Å². The van der Waals surface area contributed by atoms with E-state index in [0.29, 0.717) is 32.8 Å². The van der Waals surface area contributed by atoms with Crippen LogP contribution >= 0.6 is 21.7 Å². The van der Waals surface area contributed by atoms with E-state index in [2.05, 4.69) is 16.0 Å². The summed E-state index contributed by atoms with van der Waals surface area (Å²) in [5, 5.41) is 55.3. The van der Waals surface area contributed by atoms with Crippen LogP contribution in [0.15, 0.2) is 0 Å². The van der Waals surface area contributed by atoms with Crippen LogP contribution in [0.2, 0.25) is 0 Å². The van der Waals surface area contributed by atoms with Crippen molar-refractivity contribution in [3.63, 3.8) is 0 Å². The number of carboxylic acid groups (broad SMARTS) is 3. The number of hydrogen-bond donors (Lipinski definition) is 14. The molecule has 2 rings (SSSR count). The second-order valence-electron chi connectivity index (χ2n) is 15.9. The zero-order valence-electron chi connectivity index (χ0n) is 37.5. The monoisotopic (exact) mass is 1010 g/mol. The first-order valence-corrected chi connectivity index (χ1v) is 24.9. The number of aliphatic hydroxyl groups excluding tert-OH is 2. The van der Waals surface area contributed by atoms with E-state index in [9.17, 15) is 81.6 Å². The molecule has 0 aromatic rings. The van der Waals surface area contributed by atoms with Gasteiger partial charge in [0.2, 0.25) is 17.7 Å². The van der Waals surface area contributed by atoms with Crippen molar-refractivity contribution in [1.29, 1.82) is 0 Å². The second-order valence-corrected chi connectivity index (χ2v) is 19.1. The minimum atomic E-state index is -4.67. The lowest BCUT2D eigenvalue weighted by Gasteiger charge is -2.47. The van der Waals surface area contributed by atoms with Crippen molar-refractivity contribution in [2.24, 2.45) is 0 Å². The summed E-state index contributed by atoms with van der Waals surface area (Å²) in [5.74, 6) is -6.30. The number of carbonyl (C=O) groups excluding carboxylic acids is 3. The van der Waals surface area contributed by atoms with Crippen LogP contribution in [0, 0.1) is 0 Å². The van der Waals surface area contributed by atoms with Gasteiger partial charge in [-0.15, -0.1) is 0 Å². The minimum Gasteiger partial charge on any atom is -0.480 e. The fourth-order valence-electron chi connectivity index (χ4n) is 6.97. The number of aliphatic carboxylic acids is 3. The smallest absolute Gasteiger partial charge is 0.317 e. The Kier molecular flexibility index (Phi) is 27.9. The van der Waals surface area contributed by atoms with Gasteiger partial charge >= 0.3 is 17.9 Å². The summed E-state index contributed by atoms with van der Waals surface area (Å²) in [6, 6.07) is -1.25. The number of amides is 3. The molecule has 0 aromatic carbocycles. The molecule has 0 spiro atoms. The van der Waals surface area contributed by atoms with Crippen molar-refractivity contribution in [3.05, 3.63) is 0 Å². The number of carboxylic acids is 3. The Balaban J connectivity index is 2.13. The molecule has 392 valence electrons. The lowest BCUT2D eigenvalue weighted by molar-refractivity contribution is -0.258. The van der Waals surface area contributed by atoms with Crippen molar-refractivity contribution in [1.82, 2.24) is 35.6 Å². The van der Waals surface area contributed by atoms with Crippen LogP contribution in [0.4, 0.5) is 0 Å². The summed E-state index contributed by atoms with van der Waals surface area (Å²) in [6.45, 7) is 2.86. The summed E-state index contributed by atoms with van der Waals surface area (Å²) in [4.78, 5) is 81.4. The number of ether oxygens (including phenoxy) is 4. The van der Waals surface area contributed by atoms with Gasteiger partial charge in [0, 0.05) is 85.1 Å². The Morgan fingerprint density at radius 2 is 1.13 bits per heavy atom. The fraction of sp³-hybridized carbons (Fsp3) is 0.838. The SMILES string of the molecule is CCCOCCOCCCNC(=O)[C@@H](CCC(=O)NCCOC1OC(CS(O)(O)O)C(O)C(S(O)(O)O)C1O)NC(=O)CN1CCN(CC(=O)O)CCN(CC(=O)O)CCN(CC(=O)O)CC1. The largest absolute Gasteiger partial charge is 0.480 e. The van der Waals surface area contributed by atoms with E-state index in [1.165, 1.54) is 0 Å². The van der Waals surface area contributed by atoms with E-state index in [1.54, 1.807) is 19.6 Å². The van der Waals surface area contributed by atoms with E-state index >= 15 is 0 Å². The molecule has 2 fully saturated rings. The predicted molar refractivity (Wildman–Crippen MR) is 239 cm³/mol. The molecule has 2 aliphatic heterocycles. The number of rotatable bonds is 29. The van der Waals surface area contributed by atoms with Gasteiger partial charge in [0.05, 0.1) is 73.5 Å². The molecule has 67 heavy (non-hydrogen) atoms. The van der Waals surface area contributed by atoms with Gasteiger partial charge in [-0.3, -0.25) is 48.4 Å². The van der Waals surface area contributed by atoms with Crippen molar-refractivity contribution < 1.29 is 101 Å². The highest BCUT2D eigenvalue weighted by Crippen LogP contribution is 2.48. The summed E-state index contributed by atoms with van der Waals surface area (Å²) < 4.78 is 79.4. The number of carbonyl (C=O) groups is 6. The Morgan fingerprint density at radius 1 is 0.642 bits per heavy atom. The Morgan fingerprint density at radius 3 is 1.60 bits per heavy atom. The van der Waals surface area contributed by atoms with Crippen LogP contribution in [-0.4, -0.2) is 274 Å². The molecule has 0 aromatic heterocycles. The standard InChI is InChI=1S/C37H71N7O21S2/c1-2-16-62-19-20-63-17-3-6-39-36(55)26(4-5-28(45)38-7-18-64-37-34(54)35(67(59,60)61)33(53)27(65-37)25-66(56,57)58)40-29(46)21-41-8-10-42(22-30(47)48)12-14-44(24-32(51)52)15-13-43(11-9-41)23-31(49)50/h26-27,33-35,37,53-54,56-61H,2-25H2,1H3,(H,38,45)(H,39,55)(H,40,46)(H,47,48)(H,49,50)(H,51,52)/t26-,27?,33?,34?,35?,37?/m1/s1. The Hall–Kier alpha value is -3.12. The van der Waals surface area contributed by atoms with Gasteiger partial charge in [-0.2, -0.15) is 0 Å². The molecule has 0 bridgehead atoms. The maximum atomic E-state index is 13.6. The van der Waals surface area contributed by atoms with E-state index in [0.717, 1.165) is 6.42 Å². The average Bonchev–Trinajstić information content (AvgIpc) is 3.21. The third kappa shape index (κ3) is 25.9. The maximum absolute atomic E-state index is 13.6. The first-order valence-electron chi connectivity index (χ1n) is 21.6. The quantitative estimate of drug-likeness (QED) is 0.0334. The van der Waals surface area contributed by atoms with Gasteiger partial charge in [-0.1, -0.05) is 6.92 Å². The van der Waals surface area contributed by atoms with Crippen molar-refractivity contribution in [3.8, 4) is 0 Å². The second kappa shape index (κ2) is 31.2. The van der Waals surface area contributed by atoms with Crippen LogP contribution in [0.3, 0.4) is 0 Å². The number of aliphatic hydroxyl groups is 2. The molecule has 30 heteroatoms. The van der Waals surface area contributed by atoms with Gasteiger partial charge in [-0.05, 0) is 19.3 Å². The predicted octanol–water partition coefficient (Wildman–Crippen LogP) is -2.93. The normalized spacial score (nSPS) is 23.3. The molecule has 0 aliphatic carbocycles. The van der Waals surface area contributed by atoms with E-state index in [1.807, 2.05) is 6.92 Å². The number of nitrogens with one attached hydrogen (secondary N) is 3. The molecule has 0 radical (unpaired) electrons. The van der Waals surface area contributed by atoms with Crippen molar-refractivity contribution >= 4 is 57.4 Å². The average molecular weight is 1010 g/mol. The molecule has 2 aliphatic rings. The topological polar surface area (TPSA) is 411 Å². The van der Waals surface area contributed by atoms with E-state index in [-0.39, 0.29) is 104 Å². The molecule has 2 saturated heterocycles. The van der Waals surface area contributed by atoms with E-state index in [4.69, 9.17) is 18.9 Å². The molecule has 0 saturated carbocycles. The molecule has 5 unspecified atom stereocenters. The fourth-order valence-corrected chi connectivity index (χ4v) is 8.74. The maximum Gasteiger partial charge on any atom is 0.317 e. The van der Waals surface area contributed by atoms with Gasteiger partial charge in [0.1, 0.15) is 29.6 Å². The third-order valence-electron chi connectivity index (χ3n) is 10.3. The summed E-state index contributed by atoms with van der Waals surface area (Å²) >= 11 is 0. The highest BCUT2D eigenvalue weighted by molar-refractivity contribution is 8.20. The van der Waals surface area contributed by atoms with E-state index < -0.39 is 106 Å². The lowest BCUT2D eigenvalue weighted by Crippen LogP contribution is -2.60. The van der Waals surface area contributed by atoms with Crippen LogP contribution in [0.5, 0.6) is 0 Å². The molecule has 3 amide bonds. The summed E-state index contributed by atoms with van der Waals surface area (Å²) in [7, 11) is -8.98. The van der Waals surface area contributed by atoms with Gasteiger partial charge in [0.15, 0.2) is 6.29 Å². The summed E-state index contributed by atoms with van der Waals surface area (Å²) in [6.07, 6.45) is -7.00. The zero-order valence-corrected chi connectivity index (χ0v) is 39.2. The Bertz CT molecular complexity index is 1500. The van der Waals surface area contributed by atoms with Crippen LogP contribution in [-0.2, 0) is 47.7 Å². The van der Waals surface area contributed by atoms with Crippen molar-refractivity contribution in [2.75, 3.05) is 130 Å². The third-order valence-corrected chi connectivity index (χ3v) is 12.3. The summed E-state index contributed by atoms with van der Waals surface area (Å²) in [5.41, 5.74) is 0. The van der Waals surface area contributed by atoms with Crippen molar-refractivity contribution in [2.45, 2.75) is 68.5 Å². The molecular weight excluding hydrogens is 943 g/mol. The zero-order chi connectivity index (χ0) is 50.2. The Labute approximate surface area is 391 Å². The van der Waals surface area contributed by atoms with Gasteiger partial charge in [0.25, 0.3) is 0 Å². The minimum absolute atomic E-state index is 0.129.